The van der Waals surface area contributed by atoms with Gasteiger partial charge in [-0.3, -0.25) is 14.4 Å². The topological polar surface area (TPSA) is 137 Å². The van der Waals surface area contributed by atoms with Crippen LogP contribution < -0.4 is 0 Å². The molecule has 0 aliphatic rings. The highest BCUT2D eigenvalue weighted by molar-refractivity contribution is 5.70. The molecular formula is C43H79N3O9. The minimum Gasteiger partial charge on any atom is -0.463 e. The third-order valence-electron chi connectivity index (χ3n) is 9.51. The van der Waals surface area contributed by atoms with Gasteiger partial charge >= 0.3 is 17.9 Å². The number of aromatic nitrogens is 3. The smallest absolute Gasteiger partial charge is 0.306 e. The van der Waals surface area contributed by atoms with Crippen molar-refractivity contribution in [1.82, 2.24) is 15.0 Å². The van der Waals surface area contributed by atoms with Gasteiger partial charge in [0.1, 0.15) is 13.2 Å². The standard InChI is InChI=1S/C43H79N3O9/c1-4-6-8-10-12-14-16-18-19-21-23-26-41(47)54-38-40(55-43(49)27-24-22-20-17-15-13-11-9-7-5-2)37-46-36-39(44-45-46)28-29-42(48)53-35-34-52-33-32-51-31-25-30-50-3/h36,40H,4-35,37-38H2,1-3H3. The third kappa shape index (κ3) is 33.3. The van der Waals surface area contributed by atoms with Gasteiger partial charge in [0.15, 0.2) is 6.10 Å². The van der Waals surface area contributed by atoms with E-state index in [0.29, 0.717) is 58.0 Å². The average molecular weight is 782 g/mol. The fourth-order valence-electron chi connectivity index (χ4n) is 6.21. The number of ether oxygens (including phenoxy) is 6. The quantitative estimate of drug-likeness (QED) is 0.0357. The van der Waals surface area contributed by atoms with E-state index in [1.807, 2.05) is 0 Å². The fraction of sp³-hybridized carbons (Fsp3) is 0.884. The molecule has 0 saturated heterocycles. The van der Waals surface area contributed by atoms with Crippen LogP contribution >= 0.6 is 0 Å². The van der Waals surface area contributed by atoms with E-state index in [-0.39, 0.29) is 44.1 Å². The fourth-order valence-corrected chi connectivity index (χ4v) is 6.21. The molecule has 0 fully saturated rings. The summed E-state index contributed by atoms with van der Waals surface area (Å²) in [4.78, 5) is 37.7. The number of methoxy groups -OCH3 is 1. The number of rotatable bonds is 41. The highest BCUT2D eigenvalue weighted by atomic mass is 16.6. The minimum absolute atomic E-state index is 0.0375. The van der Waals surface area contributed by atoms with Crippen molar-refractivity contribution in [2.45, 2.75) is 193 Å². The lowest BCUT2D eigenvalue weighted by atomic mass is 10.1. The Hall–Kier alpha value is -2.57. The van der Waals surface area contributed by atoms with Gasteiger partial charge in [-0.05, 0) is 19.3 Å². The van der Waals surface area contributed by atoms with Crippen molar-refractivity contribution in [3.05, 3.63) is 11.9 Å². The molecule has 1 atom stereocenters. The highest BCUT2D eigenvalue weighted by Crippen LogP contribution is 2.14. The van der Waals surface area contributed by atoms with Crippen molar-refractivity contribution in [2.24, 2.45) is 0 Å². The van der Waals surface area contributed by atoms with Crippen molar-refractivity contribution in [3.63, 3.8) is 0 Å². The molecule has 0 aliphatic heterocycles. The van der Waals surface area contributed by atoms with Crippen LogP contribution in [0.2, 0.25) is 0 Å². The summed E-state index contributed by atoms with van der Waals surface area (Å²) < 4.78 is 34.1. The van der Waals surface area contributed by atoms with Gasteiger partial charge in [-0.15, -0.1) is 5.10 Å². The molecule has 1 aromatic heterocycles. The van der Waals surface area contributed by atoms with Gasteiger partial charge in [0.05, 0.1) is 38.5 Å². The molecular weight excluding hydrogens is 702 g/mol. The lowest BCUT2D eigenvalue weighted by Crippen LogP contribution is -2.30. The number of esters is 3. The van der Waals surface area contributed by atoms with Crippen LogP contribution in [0.25, 0.3) is 0 Å². The lowest BCUT2D eigenvalue weighted by Gasteiger charge is -2.18. The van der Waals surface area contributed by atoms with Crippen LogP contribution in [0.3, 0.4) is 0 Å². The number of nitrogens with zero attached hydrogens (tertiary/aromatic N) is 3. The van der Waals surface area contributed by atoms with Crippen molar-refractivity contribution < 1.29 is 42.8 Å². The Kier molecular flexibility index (Phi) is 35.1. The van der Waals surface area contributed by atoms with E-state index >= 15 is 0 Å². The Morgan fingerprint density at radius 1 is 0.564 bits per heavy atom. The van der Waals surface area contributed by atoms with E-state index in [1.165, 1.54) is 96.3 Å². The largest absolute Gasteiger partial charge is 0.463 e. The van der Waals surface area contributed by atoms with E-state index in [2.05, 4.69) is 24.2 Å². The van der Waals surface area contributed by atoms with Crippen LogP contribution in [0.15, 0.2) is 6.20 Å². The van der Waals surface area contributed by atoms with E-state index < -0.39 is 6.10 Å². The average Bonchev–Trinajstić information content (AvgIpc) is 3.63. The SMILES string of the molecule is CCCCCCCCCCCCCC(=O)OCC(Cn1cc(CCC(=O)OCCOCCOCCCOC)nn1)OC(=O)CCCCCCCCCCCC. The Morgan fingerprint density at radius 2 is 1.05 bits per heavy atom. The van der Waals surface area contributed by atoms with Crippen LogP contribution in [-0.4, -0.2) is 92.4 Å². The molecule has 12 nitrogen and oxygen atoms in total. The number of carbonyl (C=O) groups excluding carboxylic acids is 3. The molecule has 1 unspecified atom stereocenters. The molecule has 1 heterocycles. The predicted molar refractivity (Wildman–Crippen MR) is 216 cm³/mol. The van der Waals surface area contributed by atoms with E-state index in [0.717, 1.165) is 44.9 Å². The molecule has 1 aromatic rings. The maximum absolute atomic E-state index is 12.8. The Labute approximate surface area is 333 Å². The summed E-state index contributed by atoms with van der Waals surface area (Å²) in [7, 11) is 1.66. The summed E-state index contributed by atoms with van der Waals surface area (Å²) in [5.41, 5.74) is 0.614. The minimum atomic E-state index is -0.688. The second-order valence-corrected chi connectivity index (χ2v) is 14.7. The zero-order valence-electron chi connectivity index (χ0n) is 35.2. The van der Waals surface area contributed by atoms with Crippen molar-refractivity contribution in [2.75, 3.05) is 53.4 Å². The van der Waals surface area contributed by atoms with Crippen LogP contribution in [0.5, 0.6) is 0 Å². The number of unbranched alkanes of at least 4 members (excludes halogenated alkanes) is 19. The summed E-state index contributed by atoms with van der Waals surface area (Å²) in [6, 6.07) is 0. The Bertz CT molecular complexity index is 1040. The molecule has 0 N–H and O–H groups in total. The van der Waals surface area contributed by atoms with Gasteiger partial charge < -0.3 is 28.4 Å². The number of hydrogen-bond donors (Lipinski definition) is 0. The first kappa shape index (κ1) is 50.4. The van der Waals surface area contributed by atoms with E-state index in [9.17, 15) is 14.4 Å². The first-order chi connectivity index (χ1) is 27.0. The van der Waals surface area contributed by atoms with Gasteiger partial charge in [0.25, 0.3) is 0 Å². The summed E-state index contributed by atoms with van der Waals surface area (Å²) in [5, 5.41) is 8.36. The van der Waals surface area contributed by atoms with Gasteiger partial charge in [0, 0.05) is 45.8 Å². The second-order valence-electron chi connectivity index (χ2n) is 14.7. The zero-order chi connectivity index (χ0) is 39.9. The van der Waals surface area contributed by atoms with Gasteiger partial charge in [0.2, 0.25) is 0 Å². The normalized spacial score (nSPS) is 11.8. The summed E-state index contributed by atoms with van der Waals surface area (Å²) >= 11 is 0. The summed E-state index contributed by atoms with van der Waals surface area (Å²) in [6.45, 7) is 7.30. The van der Waals surface area contributed by atoms with E-state index in [4.69, 9.17) is 28.4 Å². The zero-order valence-corrected chi connectivity index (χ0v) is 35.2. The first-order valence-electron chi connectivity index (χ1n) is 22.0. The number of hydrogen-bond acceptors (Lipinski definition) is 11. The van der Waals surface area contributed by atoms with Crippen molar-refractivity contribution >= 4 is 17.9 Å². The summed E-state index contributed by atoms with van der Waals surface area (Å²) in [5.74, 6) is -0.925. The van der Waals surface area contributed by atoms with Crippen LogP contribution in [0, 0.1) is 0 Å². The molecule has 0 radical (unpaired) electrons. The molecule has 0 saturated carbocycles. The van der Waals surface area contributed by atoms with Crippen molar-refractivity contribution in [3.8, 4) is 0 Å². The predicted octanol–water partition coefficient (Wildman–Crippen LogP) is 9.29. The monoisotopic (exact) mass is 782 g/mol. The van der Waals surface area contributed by atoms with Crippen LogP contribution in [0.4, 0.5) is 0 Å². The van der Waals surface area contributed by atoms with Crippen molar-refractivity contribution in [1.29, 1.82) is 0 Å². The highest BCUT2D eigenvalue weighted by Gasteiger charge is 2.19. The maximum Gasteiger partial charge on any atom is 0.306 e. The Morgan fingerprint density at radius 3 is 1.62 bits per heavy atom. The van der Waals surface area contributed by atoms with Crippen LogP contribution in [-0.2, 0) is 55.8 Å². The molecule has 55 heavy (non-hydrogen) atoms. The molecule has 0 amide bonds. The van der Waals surface area contributed by atoms with E-state index in [1.54, 1.807) is 18.0 Å². The third-order valence-corrected chi connectivity index (χ3v) is 9.51. The number of aryl methyl sites for hydroxylation is 1. The lowest BCUT2D eigenvalue weighted by molar-refractivity contribution is -0.160. The molecule has 12 heteroatoms. The van der Waals surface area contributed by atoms with Gasteiger partial charge in [-0.1, -0.05) is 141 Å². The molecule has 1 rings (SSSR count). The molecule has 0 bridgehead atoms. The molecule has 320 valence electrons. The van der Waals surface area contributed by atoms with Gasteiger partial charge in [-0.25, -0.2) is 4.68 Å². The first-order valence-corrected chi connectivity index (χ1v) is 22.0. The maximum atomic E-state index is 12.8. The molecule has 0 aromatic carbocycles. The van der Waals surface area contributed by atoms with Gasteiger partial charge in [-0.2, -0.15) is 0 Å². The Balaban J connectivity index is 2.43. The summed E-state index contributed by atoms with van der Waals surface area (Å²) in [6.07, 6.45) is 28.3. The second kappa shape index (κ2) is 38.3. The molecule has 0 spiro atoms. The number of carbonyl (C=O) groups is 3. The molecule has 0 aliphatic carbocycles. The van der Waals surface area contributed by atoms with Crippen LogP contribution in [0.1, 0.15) is 180 Å².